The minimum Gasteiger partial charge on any atom is -0.481 e. The van der Waals surface area contributed by atoms with Crippen LogP contribution in [0.5, 0.6) is 0 Å². The number of carboxylic acid groups (broad SMARTS) is 1. The van der Waals surface area contributed by atoms with Gasteiger partial charge >= 0.3 is 12.1 Å². The van der Waals surface area contributed by atoms with Crippen LogP contribution < -0.4 is 10.2 Å². The highest BCUT2D eigenvalue weighted by molar-refractivity contribution is 6.02. The van der Waals surface area contributed by atoms with Crippen molar-refractivity contribution in [3.63, 3.8) is 0 Å². The molecule has 0 radical (unpaired) electrons. The number of alkyl halides is 3. The normalized spacial score (nSPS) is 18.1. The molecule has 1 unspecified atom stereocenters. The molecule has 2 aliphatic rings. The van der Waals surface area contributed by atoms with Crippen molar-refractivity contribution in [3.05, 3.63) is 78.4 Å². The number of aromatic nitrogens is 3. The van der Waals surface area contributed by atoms with Crippen molar-refractivity contribution in [2.24, 2.45) is 5.92 Å². The van der Waals surface area contributed by atoms with Crippen LogP contribution in [0.3, 0.4) is 0 Å². The van der Waals surface area contributed by atoms with Gasteiger partial charge in [-0.05, 0) is 66.3 Å². The van der Waals surface area contributed by atoms with Gasteiger partial charge in [-0.25, -0.2) is 15.0 Å². The first-order valence-corrected chi connectivity index (χ1v) is 14.6. The Bertz CT molecular complexity index is 1670. The molecule has 4 aromatic rings. The Hall–Kier alpha value is -4.58. The molecular formula is C32H31F3N6O3. The van der Waals surface area contributed by atoms with E-state index in [4.69, 9.17) is 0 Å². The zero-order valence-electron chi connectivity index (χ0n) is 23.8. The largest absolute Gasteiger partial charge is 0.481 e. The van der Waals surface area contributed by atoms with Crippen molar-refractivity contribution in [2.45, 2.75) is 44.4 Å². The lowest BCUT2D eigenvalue weighted by Crippen LogP contribution is -2.40. The van der Waals surface area contributed by atoms with Gasteiger partial charge in [0.1, 0.15) is 23.4 Å². The molecule has 2 saturated heterocycles. The van der Waals surface area contributed by atoms with Crippen LogP contribution in [0, 0.1) is 5.92 Å². The predicted molar refractivity (Wildman–Crippen MR) is 159 cm³/mol. The minimum absolute atomic E-state index is 0.0464. The van der Waals surface area contributed by atoms with Gasteiger partial charge in [0.2, 0.25) is 0 Å². The summed E-state index contributed by atoms with van der Waals surface area (Å²) in [5.41, 5.74) is 2.18. The van der Waals surface area contributed by atoms with Gasteiger partial charge in [0.25, 0.3) is 5.91 Å². The molecule has 12 heteroatoms. The number of amides is 1. The molecule has 0 spiro atoms. The van der Waals surface area contributed by atoms with E-state index >= 15 is 0 Å². The molecule has 6 rings (SSSR count). The summed E-state index contributed by atoms with van der Waals surface area (Å²) in [5, 5.41) is 14.0. The second-order valence-corrected chi connectivity index (χ2v) is 11.3. The Morgan fingerprint density at radius 1 is 0.909 bits per heavy atom. The third kappa shape index (κ3) is 6.35. The summed E-state index contributed by atoms with van der Waals surface area (Å²) in [5.74, 6) is -0.987. The van der Waals surface area contributed by atoms with E-state index in [1.807, 2.05) is 47.4 Å². The summed E-state index contributed by atoms with van der Waals surface area (Å²) < 4.78 is 41.4. The fourth-order valence-corrected chi connectivity index (χ4v) is 6.06. The second kappa shape index (κ2) is 12.2. The van der Waals surface area contributed by atoms with Crippen LogP contribution in [0.25, 0.3) is 21.9 Å². The number of carbonyl (C=O) groups is 2. The predicted octanol–water partition coefficient (Wildman–Crippen LogP) is 5.77. The first-order chi connectivity index (χ1) is 21.2. The van der Waals surface area contributed by atoms with Crippen LogP contribution in [0.2, 0.25) is 0 Å². The third-order valence-electron chi connectivity index (χ3n) is 8.45. The summed E-state index contributed by atoms with van der Waals surface area (Å²) in [6.07, 6.45) is 1.59. The van der Waals surface area contributed by atoms with Gasteiger partial charge in [0.15, 0.2) is 0 Å². The van der Waals surface area contributed by atoms with Gasteiger partial charge in [-0.15, -0.1) is 0 Å². The maximum atomic E-state index is 13.8. The summed E-state index contributed by atoms with van der Waals surface area (Å²) in [6.45, 7) is 1.42. The van der Waals surface area contributed by atoms with E-state index in [2.05, 4.69) is 20.3 Å². The van der Waals surface area contributed by atoms with Gasteiger partial charge in [-0.1, -0.05) is 36.4 Å². The van der Waals surface area contributed by atoms with Gasteiger partial charge < -0.3 is 15.3 Å². The number of carboxylic acids is 1. The Morgan fingerprint density at radius 2 is 1.68 bits per heavy atom. The Kier molecular flexibility index (Phi) is 8.17. The van der Waals surface area contributed by atoms with Gasteiger partial charge in [0.05, 0.1) is 18.3 Å². The first-order valence-electron chi connectivity index (χ1n) is 14.6. The number of nitrogens with zero attached hydrogens (tertiary/aromatic N) is 5. The van der Waals surface area contributed by atoms with Crippen molar-refractivity contribution in [3.8, 4) is 11.1 Å². The molecule has 9 nitrogen and oxygen atoms in total. The van der Waals surface area contributed by atoms with E-state index in [0.29, 0.717) is 55.8 Å². The number of carbonyl (C=O) groups excluding carboxylic acids is 1. The summed E-state index contributed by atoms with van der Waals surface area (Å²) in [7, 11) is 0. The molecule has 1 amide bonds. The van der Waals surface area contributed by atoms with Gasteiger partial charge in [-0.3, -0.25) is 14.5 Å². The maximum Gasteiger partial charge on any atom is 0.404 e. The fourth-order valence-electron chi connectivity index (χ4n) is 6.06. The fraction of sp³-hybridized carbons (Fsp3) is 0.344. The lowest BCUT2D eigenvalue weighted by molar-refractivity contribution is -0.177. The van der Waals surface area contributed by atoms with E-state index in [0.717, 1.165) is 16.3 Å². The van der Waals surface area contributed by atoms with Crippen LogP contribution in [0.1, 0.15) is 41.7 Å². The molecule has 1 atom stereocenters. The van der Waals surface area contributed by atoms with Crippen LogP contribution in [-0.2, 0) is 11.3 Å². The third-order valence-corrected chi connectivity index (χ3v) is 8.45. The van der Waals surface area contributed by atoms with Crippen LogP contribution >= 0.6 is 0 Å². The number of anilines is 2. The molecule has 2 aromatic carbocycles. The Morgan fingerprint density at radius 3 is 2.39 bits per heavy atom. The maximum absolute atomic E-state index is 13.8. The highest BCUT2D eigenvalue weighted by atomic mass is 19.4. The number of hydrogen-bond donors (Lipinski definition) is 2. The molecule has 0 bridgehead atoms. The quantitative estimate of drug-likeness (QED) is 0.274. The van der Waals surface area contributed by atoms with E-state index in [9.17, 15) is 27.9 Å². The first kappa shape index (κ1) is 29.5. The minimum atomic E-state index is -4.33. The standard InChI is InChI=1S/C32H31F3N6O3/c33-32(34,35)27-6-3-11-41(27)19-24-15-28(37-16-25(24)23-8-7-20-4-1-2-5-22(20)14-23)39-30(42)26-17-38-29(18-36-26)40-12-9-21(10-13-40)31(43)44/h1-2,4-5,7-8,14-18,21,27H,3,6,9-13,19H2,(H,43,44)(H,37,39,42). The molecule has 44 heavy (non-hydrogen) atoms. The Labute approximate surface area is 251 Å². The number of hydrogen-bond acceptors (Lipinski definition) is 7. The molecule has 0 saturated carbocycles. The number of pyridine rings is 1. The number of piperidine rings is 1. The highest BCUT2D eigenvalue weighted by Crippen LogP contribution is 2.36. The van der Waals surface area contributed by atoms with Crippen molar-refractivity contribution >= 4 is 34.3 Å². The number of rotatable bonds is 7. The highest BCUT2D eigenvalue weighted by Gasteiger charge is 2.45. The average molecular weight is 605 g/mol. The van der Waals surface area contributed by atoms with E-state index in [1.54, 1.807) is 12.3 Å². The molecule has 2 aliphatic heterocycles. The lowest BCUT2D eigenvalue weighted by Gasteiger charge is -2.30. The lowest BCUT2D eigenvalue weighted by atomic mass is 9.97. The number of aliphatic carboxylic acids is 1. The molecule has 4 heterocycles. The van der Waals surface area contributed by atoms with Crippen LogP contribution in [0.15, 0.2) is 67.1 Å². The molecular weight excluding hydrogens is 573 g/mol. The number of nitrogens with one attached hydrogen (secondary N) is 1. The summed E-state index contributed by atoms with van der Waals surface area (Å²) in [6, 6.07) is 13.8. The zero-order chi connectivity index (χ0) is 30.8. The topological polar surface area (TPSA) is 112 Å². The van der Waals surface area contributed by atoms with Crippen molar-refractivity contribution in [1.82, 2.24) is 19.9 Å². The van der Waals surface area contributed by atoms with E-state index in [1.165, 1.54) is 17.3 Å². The van der Waals surface area contributed by atoms with E-state index in [-0.39, 0.29) is 30.4 Å². The number of likely N-dealkylation sites (tertiary alicyclic amines) is 1. The van der Waals surface area contributed by atoms with Crippen LogP contribution in [-0.4, -0.2) is 68.7 Å². The molecule has 228 valence electrons. The monoisotopic (exact) mass is 604 g/mol. The van der Waals surface area contributed by atoms with Gasteiger partial charge in [0, 0.05) is 31.4 Å². The smallest absolute Gasteiger partial charge is 0.404 e. The van der Waals surface area contributed by atoms with E-state index < -0.39 is 24.1 Å². The van der Waals surface area contributed by atoms with Crippen molar-refractivity contribution in [2.75, 3.05) is 29.9 Å². The second-order valence-electron chi connectivity index (χ2n) is 11.3. The summed E-state index contributed by atoms with van der Waals surface area (Å²) in [4.78, 5) is 40.7. The van der Waals surface area contributed by atoms with Crippen LogP contribution in [0.4, 0.5) is 24.8 Å². The zero-order valence-corrected chi connectivity index (χ0v) is 23.8. The molecule has 2 fully saturated rings. The molecule has 2 N–H and O–H groups in total. The van der Waals surface area contributed by atoms with Gasteiger partial charge in [-0.2, -0.15) is 13.2 Å². The molecule has 0 aliphatic carbocycles. The number of fused-ring (bicyclic) bond motifs is 1. The number of benzene rings is 2. The summed E-state index contributed by atoms with van der Waals surface area (Å²) >= 11 is 0. The van der Waals surface area contributed by atoms with Crippen molar-refractivity contribution < 1.29 is 27.9 Å². The molecule has 2 aromatic heterocycles. The average Bonchev–Trinajstić information content (AvgIpc) is 3.50. The SMILES string of the molecule is O=C(Nc1cc(CN2CCCC2C(F)(F)F)c(-c2ccc3ccccc3c2)cn1)c1cnc(N2CCC(C(=O)O)CC2)cn1. The van der Waals surface area contributed by atoms with Crippen molar-refractivity contribution in [1.29, 1.82) is 0 Å². The Balaban J connectivity index is 1.23. The number of halogens is 3.